The Morgan fingerprint density at radius 2 is 1.79 bits per heavy atom. The highest BCUT2D eigenvalue weighted by molar-refractivity contribution is 5.92. The van der Waals surface area contributed by atoms with Gasteiger partial charge in [0.15, 0.2) is 0 Å². The van der Waals surface area contributed by atoms with E-state index in [9.17, 15) is 0 Å². The van der Waals surface area contributed by atoms with Gasteiger partial charge in [-0.25, -0.2) is 9.97 Å². The lowest BCUT2D eigenvalue weighted by atomic mass is 9.99. The molecule has 0 aromatic carbocycles. The molecule has 3 N–H and O–H groups in total. The van der Waals surface area contributed by atoms with E-state index in [1.807, 2.05) is 0 Å². The fourth-order valence-electron chi connectivity index (χ4n) is 2.57. The number of aromatic nitrogens is 2. The minimum atomic E-state index is -0.233. The quantitative estimate of drug-likeness (QED) is 0.617. The first-order valence-corrected chi connectivity index (χ1v) is 6.30. The third kappa shape index (κ3) is 3.20. The number of hydrogen-bond acceptors (Lipinski definition) is 5. The third-order valence-electron chi connectivity index (χ3n) is 2.93. The molecule has 0 aliphatic carbocycles. The zero-order valence-electron chi connectivity index (χ0n) is 11.9. The predicted molar refractivity (Wildman–Crippen MR) is 74.5 cm³/mol. The molecule has 0 amide bonds. The standard InChI is InChI=1S/C13H21N5O/c1-12(2)7-18(8-13(3,4)19-12)10-6-16-9(5-17-10)11(14)15/h5-6H,7-8H2,1-4H3,(H3,14,15). The monoisotopic (exact) mass is 263 g/mol. The van der Waals surface area contributed by atoms with E-state index in [0.29, 0.717) is 5.69 Å². The summed E-state index contributed by atoms with van der Waals surface area (Å²) in [6, 6.07) is 0. The van der Waals surface area contributed by atoms with Gasteiger partial charge in [-0.1, -0.05) is 0 Å². The van der Waals surface area contributed by atoms with E-state index >= 15 is 0 Å². The zero-order valence-corrected chi connectivity index (χ0v) is 11.9. The van der Waals surface area contributed by atoms with Gasteiger partial charge in [-0.3, -0.25) is 5.41 Å². The SMILES string of the molecule is CC1(C)CN(c2cnc(C(=N)N)cn2)CC(C)(C)O1. The van der Waals surface area contributed by atoms with Crippen LogP contribution in [0.5, 0.6) is 0 Å². The lowest BCUT2D eigenvalue weighted by Gasteiger charge is -2.47. The number of ether oxygens (including phenoxy) is 1. The highest BCUT2D eigenvalue weighted by Crippen LogP contribution is 2.30. The summed E-state index contributed by atoms with van der Waals surface area (Å²) in [5.41, 5.74) is 5.31. The van der Waals surface area contributed by atoms with Crippen LogP contribution in [0.4, 0.5) is 5.82 Å². The van der Waals surface area contributed by atoms with E-state index in [4.69, 9.17) is 15.9 Å². The van der Waals surface area contributed by atoms with E-state index in [1.165, 1.54) is 6.20 Å². The molecular formula is C13H21N5O. The van der Waals surface area contributed by atoms with E-state index in [1.54, 1.807) is 6.20 Å². The summed E-state index contributed by atoms with van der Waals surface area (Å²) in [6.45, 7) is 9.78. The van der Waals surface area contributed by atoms with Crippen molar-refractivity contribution in [2.45, 2.75) is 38.9 Å². The van der Waals surface area contributed by atoms with Crippen molar-refractivity contribution in [1.29, 1.82) is 5.41 Å². The summed E-state index contributed by atoms with van der Waals surface area (Å²) in [4.78, 5) is 10.6. The molecule has 0 bridgehead atoms. The van der Waals surface area contributed by atoms with Crippen molar-refractivity contribution in [2.75, 3.05) is 18.0 Å². The van der Waals surface area contributed by atoms with Gasteiger partial charge in [-0.15, -0.1) is 0 Å². The first-order valence-electron chi connectivity index (χ1n) is 6.30. The largest absolute Gasteiger partial charge is 0.382 e. The van der Waals surface area contributed by atoms with Crippen LogP contribution in [-0.2, 0) is 4.74 Å². The van der Waals surface area contributed by atoms with Gasteiger partial charge in [0, 0.05) is 13.1 Å². The number of morpholine rings is 1. The number of nitrogens with zero attached hydrogens (tertiary/aromatic N) is 3. The summed E-state index contributed by atoms with van der Waals surface area (Å²) in [5.74, 6) is 0.719. The second-order valence-corrected chi connectivity index (χ2v) is 6.15. The lowest BCUT2D eigenvalue weighted by molar-refractivity contribution is -0.133. The number of nitrogen functional groups attached to an aromatic ring is 1. The molecular weight excluding hydrogens is 242 g/mol. The molecule has 2 heterocycles. The van der Waals surface area contributed by atoms with Gasteiger partial charge >= 0.3 is 0 Å². The molecule has 0 radical (unpaired) electrons. The molecule has 19 heavy (non-hydrogen) atoms. The summed E-state index contributed by atoms with van der Waals surface area (Å²) in [5, 5.41) is 7.32. The molecule has 2 rings (SSSR count). The van der Waals surface area contributed by atoms with Gasteiger partial charge in [-0.05, 0) is 27.7 Å². The predicted octanol–water partition coefficient (Wildman–Crippen LogP) is 1.15. The Kier molecular flexibility index (Phi) is 3.22. The van der Waals surface area contributed by atoms with Crippen molar-refractivity contribution in [3.8, 4) is 0 Å². The smallest absolute Gasteiger partial charge is 0.147 e. The van der Waals surface area contributed by atoms with Gasteiger partial charge in [0.25, 0.3) is 0 Å². The maximum absolute atomic E-state index is 7.32. The number of hydrogen-bond donors (Lipinski definition) is 2. The number of amidine groups is 1. The average Bonchev–Trinajstić information content (AvgIpc) is 2.25. The Hall–Kier alpha value is -1.69. The molecule has 104 valence electrons. The number of rotatable bonds is 2. The summed E-state index contributed by atoms with van der Waals surface area (Å²) >= 11 is 0. The molecule has 1 aromatic heterocycles. The topological polar surface area (TPSA) is 88.1 Å². The van der Waals surface area contributed by atoms with Crippen LogP contribution in [0.15, 0.2) is 12.4 Å². The van der Waals surface area contributed by atoms with Crippen molar-refractivity contribution >= 4 is 11.7 Å². The van der Waals surface area contributed by atoms with Gasteiger partial charge < -0.3 is 15.4 Å². The molecule has 1 aromatic rings. The molecule has 1 saturated heterocycles. The first-order chi connectivity index (χ1) is 8.69. The number of nitrogens with one attached hydrogen (secondary N) is 1. The molecule has 1 aliphatic heterocycles. The van der Waals surface area contributed by atoms with Crippen LogP contribution < -0.4 is 10.6 Å². The summed E-state index contributed by atoms with van der Waals surface area (Å²) in [7, 11) is 0. The van der Waals surface area contributed by atoms with E-state index in [0.717, 1.165) is 18.9 Å². The van der Waals surface area contributed by atoms with Crippen LogP contribution >= 0.6 is 0 Å². The van der Waals surface area contributed by atoms with Gasteiger partial charge in [0.1, 0.15) is 17.3 Å². The van der Waals surface area contributed by atoms with E-state index in [2.05, 4.69) is 42.6 Å². The maximum Gasteiger partial charge on any atom is 0.147 e. The molecule has 1 fully saturated rings. The average molecular weight is 263 g/mol. The molecule has 0 unspecified atom stereocenters. The fourth-order valence-corrected chi connectivity index (χ4v) is 2.57. The Balaban J connectivity index is 2.23. The minimum Gasteiger partial charge on any atom is -0.382 e. The van der Waals surface area contributed by atoms with Crippen LogP contribution in [0.1, 0.15) is 33.4 Å². The van der Waals surface area contributed by atoms with Crippen LogP contribution in [0, 0.1) is 5.41 Å². The van der Waals surface area contributed by atoms with Crippen LogP contribution in [-0.4, -0.2) is 40.1 Å². The highest BCUT2D eigenvalue weighted by atomic mass is 16.5. The Bertz CT molecular complexity index is 464. The number of nitrogens with two attached hydrogens (primary N) is 1. The van der Waals surface area contributed by atoms with Crippen LogP contribution in [0.2, 0.25) is 0 Å². The number of anilines is 1. The molecule has 6 heteroatoms. The normalized spacial score (nSPS) is 21.2. The van der Waals surface area contributed by atoms with Gasteiger partial charge in [-0.2, -0.15) is 0 Å². The van der Waals surface area contributed by atoms with E-state index in [-0.39, 0.29) is 17.0 Å². The molecule has 0 spiro atoms. The van der Waals surface area contributed by atoms with Gasteiger partial charge in [0.05, 0.1) is 23.6 Å². The van der Waals surface area contributed by atoms with Crippen molar-refractivity contribution in [1.82, 2.24) is 9.97 Å². The third-order valence-corrected chi connectivity index (χ3v) is 2.93. The Morgan fingerprint density at radius 1 is 1.21 bits per heavy atom. The molecule has 6 nitrogen and oxygen atoms in total. The second-order valence-electron chi connectivity index (χ2n) is 6.15. The van der Waals surface area contributed by atoms with Crippen LogP contribution in [0.3, 0.4) is 0 Å². The lowest BCUT2D eigenvalue weighted by Crippen LogP contribution is -2.57. The second kappa shape index (κ2) is 4.45. The minimum absolute atomic E-state index is 0.0679. The van der Waals surface area contributed by atoms with E-state index < -0.39 is 0 Å². The maximum atomic E-state index is 7.32. The highest BCUT2D eigenvalue weighted by Gasteiger charge is 2.38. The van der Waals surface area contributed by atoms with Gasteiger partial charge in [0.2, 0.25) is 0 Å². The molecule has 0 saturated carbocycles. The van der Waals surface area contributed by atoms with Crippen molar-refractivity contribution < 1.29 is 4.74 Å². The van der Waals surface area contributed by atoms with Crippen molar-refractivity contribution in [3.63, 3.8) is 0 Å². The molecule has 0 atom stereocenters. The Labute approximate surface area is 113 Å². The van der Waals surface area contributed by atoms with Crippen molar-refractivity contribution in [2.24, 2.45) is 5.73 Å². The van der Waals surface area contributed by atoms with Crippen LogP contribution in [0.25, 0.3) is 0 Å². The Morgan fingerprint density at radius 3 is 2.21 bits per heavy atom. The summed E-state index contributed by atoms with van der Waals surface area (Å²) in [6.07, 6.45) is 3.20. The summed E-state index contributed by atoms with van der Waals surface area (Å²) < 4.78 is 6.03. The molecule has 1 aliphatic rings. The van der Waals surface area contributed by atoms with Crippen molar-refractivity contribution in [3.05, 3.63) is 18.1 Å². The fraction of sp³-hybridized carbons (Fsp3) is 0.615. The first kappa shape index (κ1) is 13.7. The zero-order chi connectivity index (χ0) is 14.3.